The van der Waals surface area contributed by atoms with Gasteiger partial charge in [-0.25, -0.2) is 0 Å². The lowest BCUT2D eigenvalue weighted by molar-refractivity contribution is -0.147. The molecule has 0 saturated carbocycles. The lowest BCUT2D eigenvalue weighted by Crippen LogP contribution is -2.30. The Morgan fingerprint density at radius 2 is 1.71 bits per heavy atom. The van der Waals surface area contributed by atoms with Gasteiger partial charge in [-0.15, -0.1) is 0 Å². The van der Waals surface area contributed by atoms with Crippen LogP contribution in [0.4, 0.5) is 0 Å². The third-order valence-corrected chi connectivity index (χ3v) is 4.21. The highest BCUT2D eigenvalue weighted by Crippen LogP contribution is 2.30. The van der Waals surface area contributed by atoms with E-state index in [9.17, 15) is 9.59 Å². The van der Waals surface area contributed by atoms with Gasteiger partial charge in [0.15, 0.2) is 18.1 Å². The summed E-state index contributed by atoms with van der Waals surface area (Å²) in [5.41, 5.74) is 1.82. The molecule has 2 aromatic rings. The fraction of sp³-hybridized carbons (Fsp3) is 0.333. The largest absolute Gasteiger partial charge is 0.497 e. The molecule has 0 spiro atoms. The molecule has 0 saturated heterocycles. The molecular formula is C21H23NO6. The van der Waals surface area contributed by atoms with Gasteiger partial charge in [-0.05, 0) is 41.8 Å². The fourth-order valence-electron chi connectivity index (χ4n) is 2.75. The van der Waals surface area contributed by atoms with Gasteiger partial charge in [0.05, 0.1) is 13.5 Å². The van der Waals surface area contributed by atoms with Crippen LogP contribution in [0.15, 0.2) is 42.5 Å². The van der Waals surface area contributed by atoms with E-state index < -0.39 is 5.97 Å². The monoisotopic (exact) mass is 385 g/mol. The number of hydrogen-bond acceptors (Lipinski definition) is 6. The molecular weight excluding hydrogens is 362 g/mol. The second kappa shape index (κ2) is 9.64. The van der Waals surface area contributed by atoms with E-state index in [-0.39, 0.29) is 18.9 Å². The number of carbonyl (C=O) groups excluding carboxylic acids is 2. The summed E-state index contributed by atoms with van der Waals surface area (Å²) in [6.07, 6.45) is 0.747. The molecule has 2 aromatic carbocycles. The van der Waals surface area contributed by atoms with Crippen molar-refractivity contribution in [1.29, 1.82) is 0 Å². The summed E-state index contributed by atoms with van der Waals surface area (Å²) in [5.74, 6) is 1.40. The van der Waals surface area contributed by atoms with E-state index in [2.05, 4.69) is 5.32 Å². The molecule has 1 amide bonds. The van der Waals surface area contributed by atoms with Crippen molar-refractivity contribution in [3.63, 3.8) is 0 Å². The van der Waals surface area contributed by atoms with Crippen LogP contribution in [0.3, 0.4) is 0 Å². The number of benzene rings is 2. The summed E-state index contributed by atoms with van der Waals surface area (Å²) in [6.45, 7) is 1.24. The van der Waals surface area contributed by atoms with Crippen molar-refractivity contribution in [1.82, 2.24) is 5.32 Å². The molecule has 0 bridgehead atoms. The maximum absolute atomic E-state index is 11.9. The zero-order chi connectivity index (χ0) is 19.8. The summed E-state index contributed by atoms with van der Waals surface area (Å²) >= 11 is 0. The minimum absolute atomic E-state index is 0.106. The van der Waals surface area contributed by atoms with Crippen LogP contribution in [-0.2, 0) is 27.2 Å². The van der Waals surface area contributed by atoms with Crippen molar-refractivity contribution >= 4 is 11.9 Å². The quantitative estimate of drug-likeness (QED) is 0.699. The third kappa shape index (κ3) is 5.64. The molecule has 0 atom stereocenters. The van der Waals surface area contributed by atoms with E-state index in [4.69, 9.17) is 18.9 Å². The number of methoxy groups -OCH3 is 1. The fourth-order valence-corrected chi connectivity index (χ4v) is 2.75. The first kappa shape index (κ1) is 19.5. The minimum Gasteiger partial charge on any atom is -0.497 e. The van der Waals surface area contributed by atoms with Crippen LogP contribution in [0, 0.1) is 0 Å². The summed E-state index contributed by atoms with van der Waals surface area (Å²) in [7, 11) is 1.58. The SMILES string of the molecule is COc1ccc(CC(=O)OCC(=O)NCCc2ccc3c(c2)OCCO3)cc1. The average Bonchev–Trinajstić information content (AvgIpc) is 2.73. The number of nitrogens with one attached hydrogen (secondary N) is 1. The van der Waals surface area contributed by atoms with Gasteiger partial charge >= 0.3 is 5.97 Å². The summed E-state index contributed by atoms with van der Waals surface area (Å²) in [5, 5.41) is 2.74. The molecule has 3 rings (SSSR count). The van der Waals surface area contributed by atoms with Crippen molar-refractivity contribution in [2.75, 3.05) is 33.5 Å². The standard InChI is InChI=1S/C21H23NO6/c1-25-17-5-2-15(3-6-17)13-21(24)28-14-20(23)22-9-8-16-4-7-18-19(12-16)27-11-10-26-18/h2-7,12H,8-11,13-14H2,1H3,(H,22,23). The number of rotatable bonds is 8. The van der Waals surface area contributed by atoms with Crippen molar-refractivity contribution in [2.45, 2.75) is 12.8 Å². The van der Waals surface area contributed by atoms with Gasteiger partial charge in [-0.3, -0.25) is 9.59 Å². The van der Waals surface area contributed by atoms with Crippen LogP contribution >= 0.6 is 0 Å². The number of amides is 1. The van der Waals surface area contributed by atoms with Crippen LogP contribution in [0.25, 0.3) is 0 Å². The van der Waals surface area contributed by atoms with Crippen LogP contribution in [0.1, 0.15) is 11.1 Å². The number of fused-ring (bicyclic) bond motifs is 1. The molecule has 0 fully saturated rings. The van der Waals surface area contributed by atoms with Gasteiger partial charge in [0.25, 0.3) is 5.91 Å². The average molecular weight is 385 g/mol. The number of esters is 1. The van der Waals surface area contributed by atoms with E-state index in [1.807, 2.05) is 18.2 Å². The first-order chi connectivity index (χ1) is 13.6. The van der Waals surface area contributed by atoms with Crippen molar-refractivity contribution in [3.8, 4) is 17.2 Å². The Balaban J connectivity index is 1.35. The molecule has 1 aliphatic heterocycles. The lowest BCUT2D eigenvalue weighted by Gasteiger charge is -2.18. The molecule has 0 radical (unpaired) electrons. The van der Waals surface area contributed by atoms with Crippen molar-refractivity contribution in [2.24, 2.45) is 0 Å². The maximum Gasteiger partial charge on any atom is 0.310 e. The Hall–Kier alpha value is -3.22. The predicted octanol–water partition coefficient (Wildman–Crippen LogP) is 1.91. The third-order valence-electron chi connectivity index (χ3n) is 4.21. The predicted molar refractivity (Wildman–Crippen MR) is 102 cm³/mol. The molecule has 0 unspecified atom stereocenters. The van der Waals surface area contributed by atoms with E-state index in [0.717, 1.165) is 28.4 Å². The molecule has 7 nitrogen and oxygen atoms in total. The molecule has 1 aliphatic rings. The number of ether oxygens (including phenoxy) is 4. The Morgan fingerprint density at radius 1 is 1.00 bits per heavy atom. The molecule has 7 heteroatoms. The van der Waals surface area contributed by atoms with Gasteiger partial charge in [0, 0.05) is 6.54 Å². The van der Waals surface area contributed by atoms with Crippen LogP contribution in [0.2, 0.25) is 0 Å². The Morgan fingerprint density at radius 3 is 2.46 bits per heavy atom. The number of hydrogen-bond donors (Lipinski definition) is 1. The van der Waals surface area contributed by atoms with Crippen LogP contribution < -0.4 is 19.5 Å². The smallest absolute Gasteiger partial charge is 0.310 e. The van der Waals surface area contributed by atoms with E-state index in [1.165, 1.54) is 0 Å². The maximum atomic E-state index is 11.9. The Labute approximate surface area is 163 Å². The molecule has 0 aromatic heterocycles. The van der Waals surface area contributed by atoms with E-state index in [0.29, 0.717) is 26.2 Å². The van der Waals surface area contributed by atoms with E-state index in [1.54, 1.807) is 31.4 Å². The Bertz CT molecular complexity index is 818. The normalized spacial score (nSPS) is 12.2. The van der Waals surface area contributed by atoms with E-state index >= 15 is 0 Å². The van der Waals surface area contributed by atoms with Crippen LogP contribution in [0.5, 0.6) is 17.2 Å². The van der Waals surface area contributed by atoms with Gasteiger partial charge in [0.1, 0.15) is 19.0 Å². The van der Waals surface area contributed by atoms with Crippen LogP contribution in [-0.4, -0.2) is 45.4 Å². The zero-order valence-electron chi connectivity index (χ0n) is 15.7. The van der Waals surface area contributed by atoms with Crippen molar-refractivity contribution < 1.29 is 28.5 Å². The molecule has 148 valence electrons. The highest BCUT2D eigenvalue weighted by molar-refractivity contribution is 5.81. The first-order valence-corrected chi connectivity index (χ1v) is 9.08. The molecule has 28 heavy (non-hydrogen) atoms. The molecule has 1 N–H and O–H groups in total. The second-order valence-corrected chi connectivity index (χ2v) is 6.26. The van der Waals surface area contributed by atoms with Crippen molar-refractivity contribution in [3.05, 3.63) is 53.6 Å². The van der Waals surface area contributed by atoms with Gasteiger partial charge in [-0.1, -0.05) is 18.2 Å². The summed E-state index contributed by atoms with van der Waals surface area (Å²) in [4.78, 5) is 23.7. The lowest BCUT2D eigenvalue weighted by atomic mass is 10.1. The zero-order valence-corrected chi connectivity index (χ0v) is 15.7. The van der Waals surface area contributed by atoms with Gasteiger partial charge in [0.2, 0.25) is 0 Å². The minimum atomic E-state index is -0.452. The molecule has 1 heterocycles. The second-order valence-electron chi connectivity index (χ2n) is 6.26. The first-order valence-electron chi connectivity index (χ1n) is 9.08. The number of carbonyl (C=O) groups is 2. The molecule has 0 aliphatic carbocycles. The Kier molecular flexibility index (Phi) is 6.73. The highest BCUT2D eigenvalue weighted by Gasteiger charge is 2.12. The van der Waals surface area contributed by atoms with Gasteiger partial charge < -0.3 is 24.3 Å². The van der Waals surface area contributed by atoms with Gasteiger partial charge in [-0.2, -0.15) is 0 Å². The summed E-state index contributed by atoms with van der Waals surface area (Å²) < 4.78 is 21.1. The highest BCUT2D eigenvalue weighted by atomic mass is 16.6. The topological polar surface area (TPSA) is 83.1 Å². The summed E-state index contributed by atoms with van der Waals surface area (Å²) in [6, 6.07) is 12.8.